The number of phenolic OH excluding ortho intramolecular Hbond substituents is 1. The first kappa shape index (κ1) is 27.8. The zero-order chi connectivity index (χ0) is 28.1. The van der Waals surface area contributed by atoms with E-state index in [2.05, 4.69) is 6.92 Å². The molecule has 1 aromatic rings. The molecule has 0 aliphatic heterocycles. The van der Waals surface area contributed by atoms with Crippen molar-refractivity contribution in [3.05, 3.63) is 45.2 Å². The van der Waals surface area contributed by atoms with Crippen molar-refractivity contribution in [2.45, 2.75) is 70.1 Å². The molecule has 3 aliphatic rings. The van der Waals surface area contributed by atoms with Gasteiger partial charge in [-0.2, -0.15) is 0 Å². The van der Waals surface area contributed by atoms with E-state index in [9.17, 15) is 34.8 Å². The van der Waals surface area contributed by atoms with Gasteiger partial charge in [-0.25, -0.2) is 0 Å². The van der Waals surface area contributed by atoms with Gasteiger partial charge >= 0.3 is 0 Å². The maximum Gasteiger partial charge on any atom is 0.255 e. The van der Waals surface area contributed by atoms with E-state index < -0.39 is 58.0 Å². The van der Waals surface area contributed by atoms with Crippen LogP contribution in [-0.2, 0) is 33.8 Å². The summed E-state index contributed by atoms with van der Waals surface area (Å²) in [5.74, 6) is -6.52. The summed E-state index contributed by atoms with van der Waals surface area (Å²) >= 11 is 0. The number of carbonyl (C=O) groups excluding carboxylic acids is 3. The predicted octanol–water partition coefficient (Wildman–Crippen LogP) is 1.55. The monoisotopic (exact) mass is 527 g/mol. The lowest BCUT2D eigenvalue weighted by Crippen LogP contribution is -2.65. The number of aliphatic hydroxyl groups is 3. The van der Waals surface area contributed by atoms with Crippen molar-refractivity contribution in [1.82, 2.24) is 4.90 Å². The first-order chi connectivity index (χ1) is 17.9. The molecule has 38 heavy (non-hydrogen) atoms. The van der Waals surface area contributed by atoms with E-state index in [4.69, 9.17) is 11.5 Å². The van der Waals surface area contributed by atoms with Crippen LogP contribution < -0.4 is 11.5 Å². The van der Waals surface area contributed by atoms with Gasteiger partial charge < -0.3 is 31.9 Å². The van der Waals surface area contributed by atoms with Gasteiger partial charge in [0.2, 0.25) is 5.78 Å². The Balaban J connectivity index is 1.91. The van der Waals surface area contributed by atoms with Crippen LogP contribution in [0.3, 0.4) is 0 Å². The lowest BCUT2D eigenvalue weighted by Gasteiger charge is -2.50. The predicted molar refractivity (Wildman–Crippen MR) is 140 cm³/mol. The largest absolute Gasteiger partial charge is 0.508 e. The van der Waals surface area contributed by atoms with E-state index in [-0.39, 0.29) is 36.3 Å². The Morgan fingerprint density at radius 3 is 2.39 bits per heavy atom. The van der Waals surface area contributed by atoms with Gasteiger partial charge in [0.05, 0.1) is 11.6 Å². The molecule has 0 heterocycles. The number of hydrogen-bond acceptors (Lipinski definition) is 9. The number of nitrogens with two attached hydrogens (primary N) is 2. The molecule has 10 nitrogen and oxygen atoms in total. The molecule has 8 N–H and O–H groups in total. The summed E-state index contributed by atoms with van der Waals surface area (Å²) in [7, 11) is 3.16. The molecule has 0 aromatic heterocycles. The van der Waals surface area contributed by atoms with Crippen LogP contribution >= 0.6 is 0 Å². The van der Waals surface area contributed by atoms with Crippen LogP contribution in [0, 0.1) is 11.8 Å². The van der Waals surface area contributed by atoms with Gasteiger partial charge in [0, 0.05) is 23.6 Å². The van der Waals surface area contributed by atoms with Gasteiger partial charge in [-0.15, -0.1) is 0 Å². The lowest BCUT2D eigenvalue weighted by molar-refractivity contribution is -0.153. The zero-order valence-corrected chi connectivity index (χ0v) is 22.1. The van der Waals surface area contributed by atoms with Crippen LogP contribution in [0.25, 0.3) is 5.76 Å². The van der Waals surface area contributed by atoms with Gasteiger partial charge in [-0.1, -0.05) is 32.3 Å². The third-order valence-corrected chi connectivity index (χ3v) is 8.41. The van der Waals surface area contributed by atoms with Crippen LogP contribution in [-0.4, -0.2) is 68.5 Å². The van der Waals surface area contributed by atoms with Gasteiger partial charge in [0.15, 0.2) is 11.4 Å². The number of aromatic hydroxyl groups is 1. The first-order valence-electron chi connectivity index (χ1n) is 13.1. The summed E-state index contributed by atoms with van der Waals surface area (Å²) < 4.78 is 0. The molecule has 1 aromatic carbocycles. The quantitative estimate of drug-likeness (QED) is 0.215. The molecule has 3 aliphatic carbocycles. The molecule has 0 radical (unpaired) electrons. The number of aliphatic hydroxyl groups excluding tert-OH is 2. The van der Waals surface area contributed by atoms with E-state index in [1.807, 2.05) is 6.07 Å². The average molecular weight is 528 g/mol. The van der Waals surface area contributed by atoms with Crippen molar-refractivity contribution in [1.29, 1.82) is 0 Å². The molecule has 1 amide bonds. The van der Waals surface area contributed by atoms with E-state index in [0.29, 0.717) is 17.5 Å². The highest BCUT2D eigenvalue weighted by atomic mass is 16.3. The normalized spacial score (nSPS) is 26.9. The number of unbranched alkanes of at least 4 members (excludes halogenated alkanes) is 3. The van der Waals surface area contributed by atoms with E-state index in [1.165, 1.54) is 4.90 Å². The van der Waals surface area contributed by atoms with Crippen LogP contribution in [0.15, 0.2) is 23.0 Å². The summed E-state index contributed by atoms with van der Waals surface area (Å²) in [6, 6.07) is 0.744. The van der Waals surface area contributed by atoms with Crippen molar-refractivity contribution < 1.29 is 34.8 Å². The highest BCUT2D eigenvalue weighted by Crippen LogP contribution is 2.53. The number of fused-ring (bicyclic) bond motifs is 3. The smallest absolute Gasteiger partial charge is 0.255 e. The SMILES string of the molecule is CCCCCCc1cc(CN)c(O)c2c1C[C@@H]1C[C@@H]3[C@@H](N(C)C)C(=O)C(C(N)=O)=C(O)[C@]3(O)C(=O)C1=C2O. The van der Waals surface area contributed by atoms with Crippen LogP contribution in [0.4, 0.5) is 0 Å². The molecule has 1 saturated carbocycles. The molecule has 206 valence electrons. The maximum absolute atomic E-state index is 13.9. The van der Waals surface area contributed by atoms with Crippen LogP contribution in [0.1, 0.15) is 61.3 Å². The number of rotatable bonds is 8. The summed E-state index contributed by atoms with van der Waals surface area (Å²) in [5, 5.41) is 45.1. The number of hydrogen-bond donors (Lipinski definition) is 6. The highest BCUT2D eigenvalue weighted by Gasteiger charge is 2.64. The van der Waals surface area contributed by atoms with Gasteiger partial charge in [-0.3, -0.25) is 19.3 Å². The number of likely N-dealkylation sites (N-methyl/N-ethyl adjacent to an activating group) is 1. The summed E-state index contributed by atoms with van der Waals surface area (Å²) in [5.41, 5.74) is 9.78. The van der Waals surface area contributed by atoms with Crippen molar-refractivity contribution >= 4 is 23.2 Å². The van der Waals surface area contributed by atoms with Crippen molar-refractivity contribution in [2.75, 3.05) is 14.1 Å². The van der Waals surface area contributed by atoms with Gasteiger partial charge in [0.1, 0.15) is 22.8 Å². The van der Waals surface area contributed by atoms with E-state index in [0.717, 1.165) is 31.2 Å². The molecule has 4 rings (SSSR count). The average Bonchev–Trinajstić information content (AvgIpc) is 2.84. The molecule has 0 bridgehead atoms. The topological polar surface area (TPSA) is 187 Å². The zero-order valence-electron chi connectivity index (χ0n) is 22.1. The van der Waals surface area contributed by atoms with Crippen LogP contribution in [0.2, 0.25) is 0 Å². The second kappa shape index (κ2) is 10.2. The number of aryl methyl sites for hydroxylation is 1. The second-order valence-corrected chi connectivity index (χ2v) is 10.9. The number of primary amides is 1. The fraction of sp³-hybridized carbons (Fsp3) is 0.536. The lowest BCUT2D eigenvalue weighted by atomic mass is 9.57. The van der Waals surface area contributed by atoms with Crippen molar-refractivity contribution in [2.24, 2.45) is 23.3 Å². The minimum absolute atomic E-state index is 0.0190. The molecule has 0 saturated heterocycles. The minimum atomic E-state index is -2.64. The third kappa shape index (κ3) is 4.02. The molecule has 0 unspecified atom stereocenters. The Labute approximate surface area is 221 Å². The fourth-order valence-corrected chi connectivity index (χ4v) is 6.57. The number of ketones is 2. The number of Topliss-reactive ketones (excluding diaryl/α,β-unsaturated/α-hetero) is 2. The Morgan fingerprint density at radius 2 is 1.82 bits per heavy atom. The second-order valence-electron chi connectivity index (χ2n) is 10.9. The van der Waals surface area contributed by atoms with E-state index in [1.54, 1.807) is 14.1 Å². The number of amides is 1. The minimum Gasteiger partial charge on any atom is -0.508 e. The standard InChI is InChI=1S/C28H37N3O7/c1-4-5-6-7-8-13-9-15(12-29)22(32)19-16(13)10-14-11-17-21(31(2)3)24(34)20(27(30)37)26(36)28(17,38)25(35)18(14)23(19)33/h9,14,17,21,32-33,36,38H,4-8,10-12,29H2,1-3H3,(H2,30,37)/t14-,17-,21-,28-/m1/s1. The highest BCUT2D eigenvalue weighted by molar-refractivity contribution is 6.24. The summed E-state index contributed by atoms with van der Waals surface area (Å²) in [6.07, 6.45) is 5.15. The van der Waals surface area contributed by atoms with Gasteiger partial charge in [-0.05, 0) is 56.8 Å². The van der Waals surface area contributed by atoms with Crippen LogP contribution in [0.5, 0.6) is 5.75 Å². The van der Waals surface area contributed by atoms with Crippen molar-refractivity contribution in [3.8, 4) is 5.75 Å². The third-order valence-electron chi connectivity index (χ3n) is 8.41. The maximum atomic E-state index is 13.9. The van der Waals surface area contributed by atoms with E-state index >= 15 is 0 Å². The summed E-state index contributed by atoms with van der Waals surface area (Å²) in [4.78, 5) is 40.7. The molecule has 10 heteroatoms. The number of phenols is 1. The molecular formula is C28H37N3O7. The molecular weight excluding hydrogens is 490 g/mol. The van der Waals surface area contributed by atoms with Crippen molar-refractivity contribution in [3.63, 3.8) is 0 Å². The Bertz CT molecular complexity index is 1270. The Kier molecular flexibility index (Phi) is 7.44. The number of carbonyl (C=O) groups is 3. The number of benzene rings is 1. The first-order valence-corrected chi connectivity index (χ1v) is 13.1. The Morgan fingerprint density at radius 1 is 1.13 bits per heavy atom. The fourth-order valence-electron chi connectivity index (χ4n) is 6.57. The Hall–Kier alpha value is -3.21. The molecule has 0 spiro atoms. The molecule has 1 fully saturated rings. The number of nitrogens with zero attached hydrogens (tertiary/aromatic N) is 1. The van der Waals surface area contributed by atoms with Gasteiger partial charge in [0.25, 0.3) is 5.91 Å². The summed E-state index contributed by atoms with van der Waals surface area (Å²) in [6.45, 7) is 2.14. The molecule has 4 atom stereocenters.